The van der Waals surface area contributed by atoms with Crippen molar-refractivity contribution in [3.05, 3.63) is 28.5 Å². The minimum Gasteiger partial charge on any atom is -0.296 e. The highest BCUT2D eigenvalue weighted by Gasteiger charge is 2.33. The van der Waals surface area contributed by atoms with E-state index in [0.29, 0.717) is 0 Å². The van der Waals surface area contributed by atoms with E-state index in [1.165, 1.54) is 37.8 Å². The molecule has 2 fully saturated rings. The third-order valence-corrected chi connectivity index (χ3v) is 3.83. The van der Waals surface area contributed by atoms with Gasteiger partial charge in [-0.15, -0.1) is 0 Å². The molecule has 2 nitrogen and oxygen atoms in total. The molecule has 86 valence electrons. The lowest BCUT2D eigenvalue weighted by atomic mass is 10.2. The van der Waals surface area contributed by atoms with Crippen LogP contribution < -0.4 is 0 Å². The molecule has 0 aromatic carbocycles. The fraction of sp³-hybridized carbons (Fsp3) is 0.615. The summed E-state index contributed by atoms with van der Waals surface area (Å²) < 4.78 is 1.09. The maximum absolute atomic E-state index is 4.24. The molecular weight excluding hydrogens is 264 g/mol. The summed E-state index contributed by atoms with van der Waals surface area (Å²) in [6.07, 6.45) is 9.53. The fourth-order valence-corrected chi connectivity index (χ4v) is 2.60. The largest absolute Gasteiger partial charge is 0.296 e. The Morgan fingerprint density at radius 3 is 2.69 bits per heavy atom. The number of rotatable bonds is 5. The standard InChI is InChI=1S/C13H17BrN2/c14-12-5-11(6-15-7-12)9-16(13-3-4-13)8-10-1-2-10/h5-7,10,13H,1-4,8-9H2. The molecule has 0 unspecified atom stereocenters. The summed E-state index contributed by atoms with van der Waals surface area (Å²) in [4.78, 5) is 6.89. The molecule has 2 saturated carbocycles. The maximum Gasteiger partial charge on any atom is 0.0410 e. The van der Waals surface area contributed by atoms with E-state index in [4.69, 9.17) is 0 Å². The van der Waals surface area contributed by atoms with Gasteiger partial charge in [-0.05, 0) is 59.2 Å². The van der Waals surface area contributed by atoms with Gasteiger partial charge in [-0.25, -0.2) is 0 Å². The molecule has 0 amide bonds. The minimum atomic E-state index is 0.861. The zero-order valence-electron chi connectivity index (χ0n) is 9.40. The van der Waals surface area contributed by atoms with Gasteiger partial charge in [0.25, 0.3) is 0 Å². The maximum atomic E-state index is 4.24. The molecule has 0 aliphatic heterocycles. The predicted molar refractivity (Wildman–Crippen MR) is 68.1 cm³/mol. The molecule has 2 aliphatic rings. The Morgan fingerprint density at radius 1 is 1.25 bits per heavy atom. The van der Waals surface area contributed by atoms with E-state index in [2.05, 4.69) is 31.9 Å². The third-order valence-electron chi connectivity index (χ3n) is 3.40. The number of halogens is 1. The molecular formula is C13H17BrN2. The summed E-state index contributed by atoms with van der Waals surface area (Å²) >= 11 is 3.49. The SMILES string of the molecule is Brc1cncc(CN(CC2CC2)C2CC2)c1. The predicted octanol–water partition coefficient (Wildman–Crippen LogP) is 3.22. The van der Waals surface area contributed by atoms with Crippen LogP contribution in [0.25, 0.3) is 0 Å². The van der Waals surface area contributed by atoms with Gasteiger partial charge in [0.05, 0.1) is 0 Å². The Kier molecular flexibility index (Phi) is 2.99. The van der Waals surface area contributed by atoms with E-state index in [0.717, 1.165) is 23.0 Å². The molecule has 0 atom stereocenters. The fourth-order valence-electron chi connectivity index (χ4n) is 2.19. The van der Waals surface area contributed by atoms with Crippen LogP contribution in [0, 0.1) is 5.92 Å². The van der Waals surface area contributed by atoms with E-state index < -0.39 is 0 Å². The van der Waals surface area contributed by atoms with Gasteiger partial charge in [0.2, 0.25) is 0 Å². The highest BCUT2D eigenvalue weighted by molar-refractivity contribution is 9.10. The quantitative estimate of drug-likeness (QED) is 0.823. The molecule has 3 heteroatoms. The highest BCUT2D eigenvalue weighted by Crippen LogP contribution is 2.35. The molecule has 0 saturated heterocycles. The first kappa shape index (κ1) is 10.7. The van der Waals surface area contributed by atoms with Gasteiger partial charge in [0.1, 0.15) is 0 Å². The second-order valence-corrected chi connectivity index (χ2v) is 6.03. The third kappa shape index (κ3) is 2.83. The molecule has 0 radical (unpaired) electrons. The minimum absolute atomic E-state index is 0.861. The number of aromatic nitrogens is 1. The van der Waals surface area contributed by atoms with Crippen LogP contribution in [0.15, 0.2) is 22.9 Å². The number of nitrogens with zero attached hydrogens (tertiary/aromatic N) is 2. The summed E-state index contributed by atoms with van der Waals surface area (Å²) in [5, 5.41) is 0. The van der Waals surface area contributed by atoms with E-state index >= 15 is 0 Å². The van der Waals surface area contributed by atoms with Gasteiger partial charge in [-0.2, -0.15) is 0 Å². The van der Waals surface area contributed by atoms with Crippen molar-refractivity contribution < 1.29 is 0 Å². The highest BCUT2D eigenvalue weighted by atomic mass is 79.9. The number of hydrogen-bond acceptors (Lipinski definition) is 2. The van der Waals surface area contributed by atoms with Crippen LogP contribution in [0.3, 0.4) is 0 Å². The molecule has 1 aromatic heterocycles. The average molecular weight is 281 g/mol. The Balaban J connectivity index is 1.65. The second kappa shape index (κ2) is 4.46. The normalized spacial score (nSPS) is 20.4. The summed E-state index contributed by atoms with van der Waals surface area (Å²) in [5.41, 5.74) is 1.34. The van der Waals surface area contributed by atoms with Crippen molar-refractivity contribution in [2.75, 3.05) is 6.54 Å². The van der Waals surface area contributed by atoms with Crippen molar-refractivity contribution in [2.24, 2.45) is 5.92 Å². The van der Waals surface area contributed by atoms with Gasteiger partial charge in [0.15, 0.2) is 0 Å². The van der Waals surface area contributed by atoms with Crippen LogP contribution in [-0.2, 0) is 6.54 Å². The Morgan fingerprint density at radius 2 is 2.06 bits per heavy atom. The first-order valence-electron chi connectivity index (χ1n) is 6.15. The zero-order chi connectivity index (χ0) is 11.0. The van der Waals surface area contributed by atoms with E-state index in [9.17, 15) is 0 Å². The molecule has 0 bridgehead atoms. The summed E-state index contributed by atoms with van der Waals surface area (Å²) in [6.45, 7) is 2.38. The number of hydrogen-bond donors (Lipinski definition) is 0. The van der Waals surface area contributed by atoms with Gasteiger partial charge in [-0.3, -0.25) is 9.88 Å². The van der Waals surface area contributed by atoms with Gasteiger partial charge in [0, 0.05) is 36.0 Å². The van der Waals surface area contributed by atoms with Crippen LogP contribution in [0.5, 0.6) is 0 Å². The molecule has 3 rings (SSSR count). The summed E-state index contributed by atoms with van der Waals surface area (Å²) in [6, 6.07) is 3.05. The van der Waals surface area contributed by atoms with Crippen LogP contribution >= 0.6 is 15.9 Å². The number of pyridine rings is 1. The van der Waals surface area contributed by atoms with Gasteiger partial charge in [-0.1, -0.05) is 0 Å². The monoisotopic (exact) mass is 280 g/mol. The molecule has 16 heavy (non-hydrogen) atoms. The molecule has 0 N–H and O–H groups in total. The van der Waals surface area contributed by atoms with Gasteiger partial charge >= 0.3 is 0 Å². The van der Waals surface area contributed by atoms with Crippen molar-refractivity contribution in [1.29, 1.82) is 0 Å². The first-order valence-corrected chi connectivity index (χ1v) is 6.94. The lowest BCUT2D eigenvalue weighted by Crippen LogP contribution is -2.27. The van der Waals surface area contributed by atoms with Crippen molar-refractivity contribution >= 4 is 15.9 Å². The summed E-state index contributed by atoms with van der Waals surface area (Å²) in [7, 11) is 0. The lowest BCUT2D eigenvalue weighted by Gasteiger charge is -2.21. The van der Waals surface area contributed by atoms with Crippen LogP contribution in [0.2, 0.25) is 0 Å². The van der Waals surface area contributed by atoms with E-state index in [-0.39, 0.29) is 0 Å². The molecule has 2 aliphatic carbocycles. The van der Waals surface area contributed by atoms with Crippen molar-refractivity contribution in [3.8, 4) is 0 Å². The van der Waals surface area contributed by atoms with Crippen molar-refractivity contribution in [2.45, 2.75) is 38.3 Å². The molecule has 0 spiro atoms. The van der Waals surface area contributed by atoms with Crippen LogP contribution in [-0.4, -0.2) is 22.5 Å². The smallest absolute Gasteiger partial charge is 0.0410 e. The molecule has 1 heterocycles. The van der Waals surface area contributed by atoms with Crippen molar-refractivity contribution in [1.82, 2.24) is 9.88 Å². The lowest BCUT2D eigenvalue weighted by molar-refractivity contribution is 0.244. The summed E-state index contributed by atoms with van der Waals surface area (Å²) in [5.74, 6) is 0.987. The molecule has 1 aromatic rings. The Hall–Kier alpha value is -0.410. The Labute approximate surface area is 105 Å². The van der Waals surface area contributed by atoms with E-state index in [1.54, 1.807) is 0 Å². The average Bonchev–Trinajstić information content (AvgIpc) is 3.12. The topological polar surface area (TPSA) is 16.1 Å². The second-order valence-electron chi connectivity index (χ2n) is 5.12. The first-order chi connectivity index (χ1) is 7.81. The van der Waals surface area contributed by atoms with Crippen LogP contribution in [0.4, 0.5) is 0 Å². The van der Waals surface area contributed by atoms with Crippen LogP contribution in [0.1, 0.15) is 31.2 Å². The zero-order valence-corrected chi connectivity index (χ0v) is 11.0. The van der Waals surface area contributed by atoms with Gasteiger partial charge < -0.3 is 0 Å². The van der Waals surface area contributed by atoms with E-state index in [1.807, 2.05) is 12.4 Å². The Bertz CT molecular complexity index is 372. The van der Waals surface area contributed by atoms with Crippen molar-refractivity contribution in [3.63, 3.8) is 0 Å².